The molecule has 6 fully saturated rings. The number of hydrogen-bond acceptors (Lipinski definition) is 3. The van der Waals surface area contributed by atoms with E-state index in [4.69, 9.17) is 4.74 Å². The van der Waals surface area contributed by atoms with Gasteiger partial charge in [0, 0.05) is 53.3 Å². The molecule has 3 heteroatoms. The number of rotatable bonds is 12. The van der Waals surface area contributed by atoms with Crippen molar-refractivity contribution in [1.29, 1.82) is 0 Å². The van der Waals surface area contributed by atoms with Gasteiger partial charge in [-0.25, -0.2) is 0 Å². The summed E-state index contributed by atoms with van der Waals surface area (Å²) in [6.45, 7) is 8.19. The number of nitrogens with zero attached hydrogens (tertiary/aromatic N) is 2. The summed E-state index contributed by atoms with van der Waals surface area (Å²) in [7, 11) is 0. The normalized spacial score (nSPS) is 42.8. The lowest BCUT2D eigenvalue weighted by Crippen LogP contribution is -2.52. The third-order valence-corrected chi connectivity index (χ3v) is 24.5. The topological polar surface area (TPSA) is 15.7 Å². The third kappa shape index (κ3) is 9.68. The Bertz CT molecular complexity index is 2200. The van der Waals surface area contributed by atoms with Gasteiger partial charge < -0.3 is 14.5 Å². The quantitative estimate of drug-likeness (QED) is 0.181. The van der Waals surface area contributed by atoms with Gasteiger partial charge in [-0.05, 0) is 245 Å². The average molecular weight is 1000 g/mol. The van der Waals surface area contributed by atoms with Crippen LogP contribution in [0, 0.1) is 70.5 Å². The molecule has 0 aromatic carbocycles. The van der Waals surface area contributed by atoms with Gasteiger partial charge in [0.25, 0.3) is 0 Å². The molecule has 0 aromatic rings. The maximum absolute atomic E-state index is 7.07. The van der Waals surface area contributed by atoms with Crippen molar-refractivity contribution in [3.8, 4) is 0 Å². The second-order valence-electron chi connectivity index (χ2n) is 28.2. The Kier molecular flexibility index (Phi) is 15.6. The van der Waals surface area contributed by atoms with E-state index in [0.717, 1.165) is 65.7 Å². The molecular weight excluding hydrogens is 897 g/mol. The van der Waals surface area contributed by atoms with Crippen molar-refractivity contribution in [2.45, 2.75) is 268 Å². The number of fused-ring (bicyclic) bond motifs is 5. The summed E-state index contributed by atoms with van der Waals surface area (Å²) in [6.07, 6.45) is 75.0. The first kappa shape index (κ1) is 51.0. The molecule has 13 rings (SSSR count). The Balaban J connectivity index is 0.809. The maximum atomic E-state index is 7.07. The molecular formula is C71H104N2O. The van der Waals surface area contributed by atoms with Crippen molar-refractivity contribution < 1.29 is 4.74 Å². The minimum atomic E-state index is 0.256. The minimum absolute atomic E-state index is 0.256. The molecule has 0 N–H and O–H groups in total. The van der Waals surface area contributed by atoms with Gasteiger partial charge in [0.15, 0.2) is 0 Å². The second kappa shape index (κ2) is 22.7. The zero-order chi connectivity index (χ0) is 49.6. The molecule has 1 aliphatic heterocycles. The van der Waals surface area contributed by atoms with E-state index in [0.29, 0.717) is 36.1 Å². The molecule has 1 heterocycles. The Morgan fingerprint density at radius 1 is 0.649 bits per heavy atom. The molecule has 0 saturated heterocycles. The predicted octanol–water partition coefficient (Wildman–Crippen LogP) is 18.7. The highest BCUT2D eigenvalue weighted by Gasteiger charge is 2.63. The zero-order valence-electron chi connectivity index (χ0n) is 47.1. The van der Waals surface area contributed by atoms with Crippen molar-refractivity contribution in [1.82, 2.24) is 9.80 Å². The highest BCUT2D eigenvalue weighted by Crippen LogP contribution is 2.70. The first-order chi connectivity index (χ1) is 36.5. The summed E-state index contributed by atoms with van der Waals surface area (Å²) >= 11 is 0. The van der Waals surface area contributed by atoms with Gasteiger partial charge in [-0.2, -0.15) is 0 Å². The van der Waals surface area contributed by atoms with E-state index in [9.17, 15) is 0 Å². The molecule has 14 unspecified atom stereocenters. The molecule has 0 spiro atoms. The lowest BCUT2D eigenvalue weighted by Gasteiger charge is -2.54. The van der Waals surface area contributed by atoms with Gasteiger partial charge in [0.05, 0.1) is 12.2 Å². The summed E-state index contributed by atoms with van der Waals surface area (Å²) in [5.74, 6) is 8.56. The largest absolute Gasteiger partial charge is 0.375 e. The molecule has 0 radical (unpaired) electrons. The van der Waals surface area contributed by atoms with E-state index in [2.05, 4.69) is 78.0 Å². The summed E-state index contributed by atoms with van der Waals surface area (Å²) in [5.41, 5.74) is 11.4. The van der Waals surface area contributed by atoms with E-state index >= 15 is 0 Å². The molecule has 3 nitrogen and oxygen atoms in total. The van der Waals surface area contributed by atoms with Gasteiger partial charge in [0.1, 0.15) is 0 Å². The predicted molar refractivity (Wildman–Crippen MR) is 309 cm³/mol. The van der Waals surface area contributed by atoms with Crippen molar-refractivity contribution in [2.75, 3.05) is 6.54 Å². The molecule has 0 amide bonds. The monoisotopic (exact) mass is 1000 g/mol. The minimum Gasteiger partial charge on any atom is -0.375 e. The van der Waals surface area contributed by atoms with Crippen LogP contribution in [0.2, 0.25) is 0 Å². The molecule has 0 bridgehead atoms. The Morgan fingerprint density at radius 3 is 2.27 bits per heavy atom. The van der Waals surface area contributed by atoms with Crippen LogP contribution in [-0.4, -0.2) is 46.7 Å². The van der Waals surface area contributed by atoms with Gasteiger partial charge >= 0.3 is 0 Å². The summed E-state index contributed by atoms with van der Waals surface area (Å²) in [4.78, 5) is 6.32. The van der Waals surface area contributed by atoms with Gasteiger partial charge in [0.2, 0.25) is 0 Å². The van der Waals surface area contributed by atoms with Crippen LogP contribution in [0.1, 0.15) is 238 Å². The van der Waals surface area contributed by atoms with E-state index in [-0.39, 0.29) is 5.41 Å². The molecule has 6 saturated carbocycles. The molecule has 404 valence electrons. The molecule has 0 aromatic heterocycles. The number of hydrogen-bond donors (Lipinski definition) is 0. The fourth-order valence-corrected chi connectivity index (χ4v) is 21.2. The standard InChI is InChI=1S/C71H104N2O/c1-3-50-31-38-58(39-32-50)74-59-40-35-56(36-41-59)71(55-23-11-6-12-24-55)65-28-16-13-26-61(65)62-42-37-57(47-66(62)71)73(70-30-18-14-25-60(70)52-21-9-5-10-22-52)67-43-33-53(45-49(67)2)54-34-44-69-64(46-54)63-27-15-17-29-68(63)72(69)48-51-19-7-4-8-20-51/h3,7,19,23,30,35,37,42,46,49-53,57-63,65-68H,1,4-6,8-18,20-22,24-29,31-34,36,38-41,43-45,47-48H2,2H3. The number of allylic oxidation sites excluding steroid dienone is 11. The van der Waals surface area contributed by atoms with Crippen LogP contribution in [0.5, 0.6) is 0 Å². The van der Waals surface area contributed by atoms with Crippen LogP contribution in [-0.2, 0) is 4.74 Å². The summed E-state index contributed by atoms with van der Waals surface area (Å²) in [6, 6.07) is 1.96. The summed E-state index contributed by atoms with van der Waals surface area (Å²) < 4.78 is 7.07. The second-order valence-corrected chi connectivity index (χ2v) is 28.2. The fraction of sp³-hybridized carbons (Fsp3) is 0.775. The summed E-state index contributed by atoms with van der Waals surface area (Å²) in [5, 5.41) is 0. The van der Waals surface area contributed by atoms with Crippen LogP contribution in [0.4, 0.5) is 0 Å². The first-order valence-corrected chi connectivity index (χ1v) is 33.3. The molecule has 13 aliphatic rings. The van der Waals surface area contributed by atoms with Gasteiger partial charge in [-0.15, -0.1) is 6.58 Å². The first-order valence-electron chi connectivity index (χ1n) is 33.3. The SMILES string of the molecule is C=CC1CCC(OC2CC=C(C3(C4=CCCCC4)C4CC(N(C5=CCCCC5C5CCCCC5)C5CCC(C6=CC7=C(CC6)N(CC6C=CCCC6)C6CCCCC76)CC5C)C=CC4C4CCCCC43)CC2)CC1. The lowest BCUT2D eigenvalue weighted by molar-refractivity contribution is -0.0391. The van der Waals surface area contributed by atoms with E-state index < -0.39 is 0 Å². The van der Waals surface area contributed by atoms with Crippen molar-refractivity contribution in [2.24, 2.45) is 70.5 Å². The van der Waals surface area contributed by atoms with Crippen molar-refractivity contribution in [3.63, 3.8) is 0 Å². The van der Waals surface area contributed by atoms with Crippen molar-refractivity contribution >= 4 is 0 Å². The smallest absolute Gasteiger partial charge is 0.0616 e. The van der Waals surface area contributed by atoms with Crippen LogP contribution < -0.4 is 0 Å². The van der Waals surface area contributed by atoms with E-state index in [1.807, 2.05) is 28.0 Å². The Morgan fingerprint density at radius 2 is 1.46 bits per heavy atom. The fourth-order valence-electron chi connectivity index (χ4n) is 21.2. The van der Waals surface area contributed by atoms with E-state index in [1.165, 1.54) is 231 Å². The van der Waals surface area contributed by atoms with Gasteiger partial charge in [-0.3, -0.25) is 0 Å². The molecule has 14 atom stereocenters. The third-order valence-electron chi connectivity index (χ3n) is 24.5. The Labute approximate surface area is 452 Å². The van der Waals surface area contributed by atoms with Crippen LogP contribution in [0.3, 0.4) is 0 Å². The number of ether oxygens (including phenoxy) is 1. The van der Waals surface area contributed by atoms with Crippen LogP contribution >= 0.6 is 0 Å². The highest BCUT2D eigenvalue weighted by atomic mass is 16.5. The molecule has 12 aliphatic carbocycles. The average Bonchev–Trinajstić information content (AvgIpc) is 3.94. The van der Waals surface area contributed by atoms with E-state index in [1.54, 1.807) is 5.70 Å². The molecule has 74 heavy (non-hydrogen) atoms. The Hall–Kier alpha value is -2.52. The van der Waals surface area contributed by atoms with Crippen LogP contribution in [0.25, 0.3) is 0 Å². The van der Waals surface area contributed by atoms with Gasteiger partial charge in [-0.1, -0.05) is 123 Å². The zero-order valence-corrected chi connectivity index (χ0v) is 47.1. The lowest BCUT2D eigenvalue weighted by atomic mass is 9.54. The van der Waals surface area contributed by atoms with Crippen LogP contribution in [0.15, 0.2) is 94.9 Å². The maximum Gasteiger partial charge on any atom is 0.0616 e. The van der Waals surface area contributed by atoms with Crippen molar-refractivity contribution in [3.05, 3.63) is 94.9 Å². The highest BCUT2D eigenvalue weighted by molar-refractivity contribution is 5.43.